The minimum Gasteiger partial charge on any atom is -0.480 e. The van der Waals surface area contributed by atoms with Crippen molar-refractivity contribution in [2.75, 3.05) is 20.2 Å². The third kappa shape index (κ3) is 2.97. The van der Waals surface area contributed by atoms with E-state index in [1.165, 1.54) is 0 Å². The van der Waals surface area contributed by atoms with Gasteiger partial charge in [-0.2, -0.15) is 4.52 Å². The van der Waals surface area contributed by atoms with Crippen molar-refractivity contribution in [3.05, 3.63) is 39.8 Å². The third-order valence-corrected chi connectivity index (χ3v) is 5.56. The van der Waals surface area contributed by atoms with Crippen molar-refractivity contribution in [2.24, 2.45) is 0 Å². The van der Waals surface area contributed by atoms with Gasteiger partial charge >= 0.3 is 0 Å². The quantitative estimate of drug-likeness (QED) is 0.720. The van der Waals surface area contributed by atoms with E-state index in [9.17, 15) is 4.79 Å². The Morgan fingerprint density at radius 3 is 2.68 bits per heavy atom. The van der Waals surface area contributed by atoms with E-state index in [1.54, 1.807) is 29.0 Å². The Morgan fingerprint density at radius 1 is 1.20 bits per heavy atom. The minimum atomic E-state index is 0.127. The van der Waals surface area contributed by atoms with Crippen LogP contribution in [0.3, 0.4) is 0 Å². The first-order chi connectivity index (χ1) is 12.2. The van der Waals surface area contributed by atoms with E-state index in [0.29, 0.717) is 11.5 Å². The summed E-state index contributed by atoms with van der Waals surface area (Å²) in [4.78, 5) is 16.5. The highest BCUT2D eigenvalue weighted by Gasteiger charge is 2.28. The molecular formula is C17H19N5O2S. The average molecular weight is 357 g/mol. The number of methoxy groups -OCH3 is 1. The molecule has 1 amide bonds. The first kappa shape index (κ1) is 16.0. The zero-order chi connectivity index (χ0) is 17.4. The number of aromatic nitrogens is 4. The number of amides is 1. The predicted octanol–water partition coefficient (Wildman–Crippen LogP) is 2.52. The molecule has 0 bridgehead atoms. The molecule has 1 saturated heterocycles. The first-order valence-corrected chi connectivity index (χ1v) is 9.09. The van der Waals surface area contributed by atoms with Crippen LogP contribution in [0.5, 0.6) is 5.88 Å². The van der Waals surface area contributed by atoms with Gasteiger partial charge in [0.25, 0.3) is 5.91 Å². The molecule has 7 nitrogen and oxygen atoms in total. The summed E-state index contributed by atoms with van der Waals surface area (Å²) in [5, 5.41) is 12.9. The molecule has 0 atom stereocenters. The third-order valence-electron chi connectivity index (χ3n) is 4.57. The molecule has 0 N–H and O–H groups in total. The van der Waals surface area contributed by atoms with Crippen LogP contribution in [0.4, 0.5) is 0 Å². The number of fused-ring (bicyclic) bond motifs is 1. The van der Waals surface area contributed by atoms with Crippen LogP contribution in [0.1, 0.15) is 39.1 Å². The summed E-state index contributed by atoms with van der Waals surface area (Å²) < 4.78 is 6.95. The van der Waals surface area contributed by atoms with E-state index < -0.39 is 0 Å². The highest BCUT2D eigenvalue weighted by Crippen LogP contribution is 2.28. The normalized spacial score (nSPS) is 15.7. The second-order valence-electron chi connectivity index (χ2n) is 6.18. The second-order valence-corrected chi connectivity index (χ2v) is 7.47. The number of ether oxygens (including phenoxy) is 1. The smallest absolute Gasteiger partial charge is 0.263 e. The van der Waals surface area contributed by atoms with E-state index in [0.717, 1.165) is 41.5 Å². The number of carbonyl (C=O) groups excluding carboxylic acids is 1. The van der Waals surface area contributed by atoms with Gasteiger partial charge in [0.1, 0.15) is 0 Å². The van der Waals surface area contributed by atoms with Crippen LogP contribution < -0.4 is 4.74 Å². The van der Waals surface area contributed by atoms with Crippen LogP contribution >= 0.6 is 11.3 Å². The maximum Gasteiger partial charge on any atom is 0.263 e. The summed E-state index contributed by atoms with van der Waals surface area (Å²) >= 11 is 1.55. The first-order valence-electron chi connectivity index (χ1n) is 8.28. The lowest BCUT2D eigenvalue weighted by Crippen LogP contribution is -2.38. The van der Waals surface area contributed by atoms with Gasteiger partial charge in [-0.3, -0.25) is 4.79 Å². The fourth-order valence-electron chi connectivity index (χ4n) is 3.20. The Hall–Kier alpha value is -2.48. The molecule has 0 aliphatic carbocycles. The lowest BCUT2D eigenvalue weighted by atomic mass is 9.96. The van der Waals surface area contributed by atoms with E-state index in [4.69, 9.17) is 4.74 Å². The van der Waals surface area contributed by atoms with Gasteiger partial charge in [-0.1, -0.05) is 0 Å². The topological polar surface area (TPSA) is 72.6 Å². The van der Waals surface area contributed by atoms with Crippen molar-refractivity contribution >= 4 is 22.9 Å². The SMILES string of the molecule is COc1ccc2nnc(C3CCN(C(=O)c4ccc(C)s4)CC3)n2n1. The minimum absolute atomic E-state index is 0.127. The summed E-state index contributed by atoms with van der Waals surface area (Å²) in [6.07, 6.45) is 1.71. The summed E-state index contributed by atoms with van der Waals surface area (Å²) in [5.41, 5.74) is 0.711. The molecule has 130 valence electrons. The van der Waals surface area contributed by atoms with Crippen LogP contribution in [0, 0.1) is 6.92 Å². The van der Waals surface area contributed by atoms with Crippen LogP contribution in [0.15, 0.2) is 24.3 Å². The van der Waals surface area contributed by atoms with Crippen molar-refractivity contribution < 1.29 is 9.53 Å². The maximum absolute atomic E-state index is 12.6. The molecule has 0 spiro atoms. The molecule has 4 rings (SSSR count). The van der Waals surface area contributed by atoms with Gasteiger partial charge in [0, 0.05) is 30.0 Å². The van der Waals surface area contributed by atoms with Gasteiger partial charge in [0.05, 0.1) is 12.0 Å². The van der Waals surface area contributed by atoms with Gasteiger partial charge in [-0.25, -0.2) is 0 Å². The Morgan fingerprint density at radius 2 is 2.00 bits per heavy atom. The molecule has 25 heavy (non-hydrogen) atoms. The predicted molar refractivity (Wildman–Crippen MR) is 94.3 cm³/mol. The Balaban J connectivity index is 1.49. The largest absolute Gasteiger partial charge is 0.480 e. The number of hydrogen-bond acceptors (Lipinski definition) is 6. The fraction of sp³-hybridized carbons (Fsp3) is 0.412. The zero-order valence-electron chi connectivity index (χ0n) is 14.2. The number of carbonyl (C=O) groups is 1. The van der Waals surface area contributed by atoms with Gasteiger partial charge in [0.2, 0.25) is 5.88 Å². The highest BCUT2D eigenvalue weighted by molar-refractivity contribution is 7.13. The summed E-state index contributed by atoms with van der Waals surface area (Å²) in [5.74, 6) is 1.74. The van der Waals surface area contributed by atoms with E-state index >= 15 is 0 Å². The summed E-state index contributed by atoms with van der Waals surface area (Å²) in [7, 11) is 1.59. The molecule has 0 aromatic carbocycles. The van der Waals surface area contributed by atoms with Crippen molar-refractivity contribution in [2.45, 2.75) is 25.7 Å². The lowest BCUT2D eigenvalue weighted by Gasteiger charge is -2.30. The molecule has 3 aromatic heterocycles. The number of piperidine rings is 1. The Kier molecular flexibility index (Phi) is 4.12. The monoisotopic (exact) mass is 357 g/mol. The van der Waals surface area contributed by atoms with Crippen LogP contribution in [0.25, 0.3) is 5.65 Å². The molecule has 4 heterocycles. The van der Waals surface area contributed by atoms with Crippen molar-refractivity contribution in [3.63, 3.8) is 0 Å². The van der Waals surface area contributed by atoms with Crippen LogP contribution in [-0.2, 0) is 0 Å². The van der Waals surface area contributed by atoms with Gasteiger partial charge in [-0.15, -0.1) is 26.6 Å². The summed E-state index contributed by atoms with van der Waals surface area (Å²) in [6, 6.07) is 7.53. The zero-order valence-corrected chi connectivity index (χ0v) is 15.0. The highest BCUT2D eigenvalue weighted by atomic mass is 32.1. The lowest BCUT2D eigenvalue weighted by molar-refractivity contribution is 0.0715. The van der Waals surface area contributed by atoms with Crippen molar-refractivity contribution in [3.8, 4) is 5.88 Å². The molecule has 1 aliphatic rings. The molecule has 0 radical (unpaired) electrons. The fourth-order valence-corrected chi connectivity index (χ4v) is 4.03. The molecular weight excluding hydrogens is 338 g/mol. The number of likely N-dealkylation sites (tertiary alicyclic amines) is 1. The van der Waals surface area contributed by atoms with E-state index in [-0.39, 0.29) is 11.8 Å². The molecule has 0 saturated carbocycles. The number of rotatable bonds is 3. The maximum atomic E-state index is 12.6. The van der Waals surface area contributed by atoms with Gasteiger partial charge in [-0.05, 0) is 38.0 Å². The molecule has 0 unspecified atom stereocenters. The van der Waals surface area contributed by atoms with Crippen molar-refractivity contribution in [1.82, 2.24) is 24.7 Å². The molecule has 1 aliphatic heterocycles. The number of thiophene rings is 1. The van der Waals surface area contributed by atoms with E-state index in [2.05, 4.69) is 15.3 Å². The number of aryl methyl sites for hydroxylation is 1. The van der Waals surface area contributed by atoms with Gasteiger partial charge < -0.3 is 9.64 Å². The van der Waals surface area contributed by atoms with E-state index in [1.807, 2.05) is 30.0 Å². The number of hydrogen-bond donors (Lipinski definition) is 0. The molecule has 3 aromatic rings. The number of nitrogens with zero attached hydrogens (tertiary/aromatic N) is 5. The molecule has 8 heteroatoms. The summed E-state index contributed by atoms with van der Waals surface area (Å²) in [6.45, 7) is 3.46. The van der Waals surface area contributed by atoms with Crippen LogP contribution in [0.2, 0.25) is 0 Å². The van der Waals surface area contributed by atoms with Gasteiger partial charge in [0.15, 0.2) is 11.5 Å². The standard InChI is InChI=1S/C17H19N5O2S/c1-11-3-4-13(25-11)17(23)21-9-7-12(8-10-21)16-19-18-14-5-6-15(24-2)20-22(14)16/h3-6,12H,7-10H2,1-2H3. The Bertz CT molecular complexity index is 911. The Labute approximate surface area is 149 Å². The second kappa shape index (κ2) is 6.44. The van der Waals surface area contributed by atoms with Crippen LogP contribution in [-0.4, -0.2) is 50.8 Å². The average Bonchev–Trinajstić information content (AvgIpc) is 3.27. The molecule has 1 fully saturated rings. The van der Waals surface area contributed by atoms with Crippen molar-refractivity contribution in [1.29, 1.82) is 0 Å².